The van der Waals surface area contributed by atoms with Gasteiger partial charge in [-0.2, -0.15) is 5.26 Å². The van der Waals surface area contributed by atoms with Crippen LogP contribution in [0.15, 0.2) is 22.7 Å². The first-order valence-corrected chi connectivity index (χ1v) is 6.95. The molecule has 98 valence electrons. The molecule has 0 aliphatic carbocycles. The van der Waals surface area contributed by atoms with E-state index in [0.29, 0.717) is 12.5 Å². The minimum Gasteiger partial charge on any atom is -0.368 e. The smallest absolute Gasteiger partial charge is 0.0640 e. The quantitative estimate of drug-likeness (QED) is 0.904. The molecule has 0 aromatic heterocycles. The van der Waals surface area contributed by atoms with E-state index in [2.05, 4.69) is 46.8 Å². The third-order valence-corrected chi connectivity index (χ3v) is 3.37. The zero-order valence-electron chi connectivity index (χ0n) is 11.2. The zero-order chi connectivity index (χ0) is 13.7. The molecule has 1 aromatic carbocycles. The topological polar surface area (TPSA) is 53.0 Å². The molecular weight excluding hydrogens is 290 g/mol. The number of hydrogen-bond donors (Lipinski definition) is 1. The van der Waals surface area contributed by atoms with Gasteiger partial charge >= 0.3 is 0 Å². The van der Waals surface area contributed by atoms with E-state index in [0.717, 1.165) is 22.3 Å². The van der Waals surface area contributed by atoms with Gasteiger partial charge in [-0.1, -0.05) is 22.0 Å². The first kappa shape index (κ1) is 15.0. The van der Waals surface area contributed by atoms with E-state index in [9.17, 15) is 0 Å². The molecule has 0 heterocycles. The van der Waals surface area contributed by atoms with Crippen LogP contribution < -0.4 is 10.6 Å². The first-order chi connectivity index (χ1) is 8.47. The van der Waals surface area contributed by atoms with E-state index in [-0.39, 0.29) is 6.04 Å². The normalized spacial score (nSPS) is 12.3. The largest absolute Gasteiger partial charge is 0.368 e. The highest BCUT2D eigenvalue weighted by Crippen LogP contribution is 2.30. The van der Waals surface area contributed by atoms with Crippen LogP contribution in [0.4, 0.5) is 5.69 Å². The summed E-state index contributed by atoms with van der Waals surface area (Å²) in [6.07, 6.45) is 0.517. The molecule has 0 radical (unpaired) electrons. The minimum absolute atomic E-state index is 0.0172. The maximum Gasteiger partial charge on any atom is 0.0640 e. The van der Waals surface area contributed by atoms with Gasteiger partial charge in [-0.15, -0.1) is 0 Å². The Kier molecular flexibility index (Phi) is 5.64. The van der Waals surface area contributed by atoms with Crippen molar-refractivity contribution in [1.82, 2.24) is 0 Å². The Morgan fingerprint density at radius 1 is 1.39 bits per heavy atom. The molecule has 1 unspecified atom stereocenters. The van der Waals surface area contributed by atoms with Crippen LogP contribution in [0.3, 0.4) is 0 Å². The lowest BCUT2D eigenvalue weighted by atomic mass is 10.0. The molecule has 1 aromatic rings. The van der Waals surface area contributed by atoms with Crippen molar-refractivity contribution in [3.63, 3.8) is 0 Å². The predicted molar refractivity (Wildman–Crippen MR) is 79.5 cm³/mol. The summed E-state index contributed by atoms with van der Waals surface area (Å²) < 4.78 is 1.03. The fourth-order valence-electron chi connectivity index (χ4n) is 1.98. The van der Waals surface area contributed by atoms with Gasteiger partial charge in [0.25, 0.3) is 0 Å². The van der Waals surface area contributed by atoms with Crippen molar-refractivity contribution in [2.24, 2.45) is 5.73 Å². The molecule has 2 N–H and O–H groups in total. The number of anilines is 1. The molecule has 0 aliphatic heterocycles. The van der Waals surface area contributed by atoms with Crippen molar-refractivity contribution in [1.29, 1.82) is 5.26 Å². The van der Waals surface area contributed by atoms with Gasteiger partial charge < -0.3 is 10.6 Å². The monoisotopic (exact) mass is 309 g/mol. The van der Waals surface area contributed by atoms with Crippen LogP contribution in [-0.2, 0) is 0 Å². The predicted octanol–water partition coefficient (Wildman–Crippen LogP) is 3.60. The van der Waals surface area contributed by atoms with Crippen LogP contribution in [0, 0.1) is 11.3 Å². The second kappa shape index (κ2) is 6.77. The molecular formula is C14H20BrN3. The summed E-state index contributed by atoms with van der Waals surface area (Å²) in [5.41, 5.74) is 8.26. The van der Waals surface area contributed by atoms with E-state index in [1.165, 1.54) is 0 Å². The standard InChI is InChI=1S/C14H20BrN3/c1-10(2)18(8-4-7-16)14-9-12(15)5-6-13(14)11(3)17/h5-6,9-11H,4,8,17H2,1-3H3. The fraction of sp³-hybridized carbons (Fsp3) is 0.500. The Bertz CT molecular complexity index is 435. The SMILES string of the molecule is CC(N)c1ccc(Br)cc1N(CCC#N)C(C)C. The highest BCUT2D eigenvalue weighted by atomic mass is 79.9. The van der Waals surface area contributed by atoms with Crippen LogP contribution >= 0.6 is 15.9 Å². The molecule has 0 saturated heterocycles. The molecule has 0 fully saturated rings. The van der Waals surface area contributed by atoms with Crippen LogP contribution in [0.2, 0.25) is 0 Å². The Hall–Kier alpha value is -1.05. The lowest BCUT2D eigenvalue weighted by Crippen LogP contribution is -2.33. The number of hydrogen-bond acceptors (Lipinski definition) is 3. The Morgan fingerprint density at radius 3 is 2.56 bits per heavy atom. The van der Waals surface area contributed by atoms with Gasteiger partial charge in [0.2, 0.25) is 0 Å². The molecule has 4 heteroatoms. The lowest BCUT2D eigenvalue weighted by molar-refractivity contribution is 0.675. The molecule has 1 atom stereocenters. The molecule has 0 amide bonds. The zero-order valence-corrected chi connectivity index (χ0v) is 12.7. The summed E-state index contributed by atoms with van der Waals surface area (Å²) in [5, 5.41) is 8.77. The fourth-order valence-corrected chi connectivity index (χ4v) is 2.33. The highest BCUT2D eigenvalue weighted by Gasteiger charge is 2.16. The molecule has 1 rings (SSSR count). The second-order valence-corrected chi connectivity index (χ2v) is 5.60. The van der Waals surface area contributed by atoms with Crippen LogP contribution in [0.25, 0.3) is 0 Å². The summed E-state index contributed by atoms with van der Waals surface area (Å²) in [6, 6.07) is 8.65. The van der Waals surface area contributed by atoms with Crippen molar-refractivity contribution in [3.05, 3.63) is 28.2 Å². The average Bonchev–Trinajstić information content (AvgIpc) is 2.28. The number of nitrogens with two attached hydrogens (primary N) is 1. The van der Waals surface area contributed by atoms with Gasteiger partial charge in [0.1, 0.15) is 0 Å². The van der Waals surface area contributed by atoms with E-state index in [1.54, 1.807) is 0 Å². The van der Waals surface area contributed by atoms with Gasteiger partial charge in [0.15, 0.2) is 0 Å². The van der Waals surface area contributed by atoms with E-state index < -0.39 is 0 Å². The van der Waals surface area contributed by atoms with Gasteiger partial charge in [0.05, 0.1) is 12.5 Å². The third kappa shape index (κ3) is 3.72. The Morgan fingerprint density at radius 2 is 2.06 bits per heavy atom. The summed E-state index contributed by atoms with van der Waals surface area (Å²) in [7, 11) is 0. The van der Waals surface area contributed by atoms with Gasteiger partial charge in [-0.25, -0.2) is 0 Å². The number of rotatable bonds is 5. The maximum absolute atomic E-state index is 8.77. The van der Waals surface area contributed by atoms with E-state index in [4.69, 9.17) is 11.0 Å². The number of benzene rings is 1. The summed E-state index contributed by atoms with van der Waals surface area (Å²) in [6.45, 7) is 6.96. The Balaban J connectivity index is 3.17. The van der Waals surface area contributed by atoms with Crippen molar-refractivity contribution in [3.8, 4) is 6.07 Å². The maximum atomic E-state index is 8.77. The average molecular weight is 310 g/mol. The van der Waals surface area contributed by atoms with Crippen molar-refractivity contribution >= 4 is 21.6 Å². The molecule has 18 heavy (non-hydrogen) atoms. The number of nitrogens with zero attached hydrogens (tertiary/aromatic N) is 2. The van der Waals surface area contributed by atoms with E-state index in [1.807, 2.05) is 19.1 Å². The molecule has 0 spiro atoms. The van der Waals surface area contributed by atoms with Gasteiger partial charge in [-0.05, 0) is 38.5 Å². The Labute approximate surface area is 118 Å². The number of nitriles is 1. The number of halogens is 1. The first-order valence-electron chi connectivity index (χ1n) is 6.16. The lowest BCUT2D eigenvalue weighted by Gasteiger charge is -2.31. The summed E-state index contributed by atoms with van der Waals surface area (Å²) in [4.78, 5) is 2.23. The molecule has 0 saturated carbocycles. The summed E-state index contributed by atoms with van der Waals surface area (Å²) in [5.74, 6) is 0. The van der Waals surface area contributed by atoms with Crippen LogP contribution in [0.1, 0.15) is 38.8 Å². The second-order valence-electron chi connectivity index (χ2n) is 4.69. The van der Waals surface area contributed by atoms with Crippen molar-refractivity contribution in [2.75, 3.05) is 11.4 Å². The van der Waals surface area contributed by atoms with Crippen molar-refractivity contribution < 1.29 is 0 Å². The third-order valence-electron chi connectivity index (χ3n) is 2.88. The highest BCUT2D eigenvalue weighted by molar-refractivity contribution is 9.10. The minimum atomic E-state index is -0.0172. The molecule has 0 aliphatic rings. The van der Waals surface area contributed by atoms with Crippen LogP contribution in [-0.4, -0.2) is 12.6 Å². The molecule has 3 nitrogen and oxygen atoms in total. The molecule has 0 bridgehead atoms. The van der Waals surface area contributed by atoms with Gasteiger partial charge in [0, 0.05) is 28.8 Å². The van der Waals surface area contributed by atoms with E-state index >= 15 is 0 Å². The van der Waals surface area contributed by atoms with Crippen molar-refractivity contribution in [2.45, 2.75) is 39.3 Å². The van der Waals surface area contributed by atoms with Gasteiger partial charge in [-0.3, -0.25) is 0 Å². The van der Waals surface area contributed by atoms with Crippen LogP contribution in [0.5, 0.6) is 0 Å². The summed E-state index contributed by atoms with van der Waals surface area (Å²) >= 11 is 3.50.